The Morgan fingerprint density at radius 3 is 2.50 bits per heavy atom. The summed E-state index contributed by atoms with van der Waals surface area (Å²) in [4.78, 5) is 3.77. The molecule has 3 N–H and O–H groups in total. The van der Waals surface area contributed by atoms with E-state index in [0.717, 1.165) is 6.34 Å². The van der Waals surface area contributed by atoms with E-state index in [1.54, 1.807) is 12.3 Å². The lowest BCUT2D eigenvalue weighted by Gasteiger charge is -2.16. The fourth-order valence-electron chi connectivity index (χ4n) is 2.17. The minimum atomic E-state index is -4.79. The Hall–Kier alpha value is -1.84. The molecule has 2 unspecified atom stereocenters. The van der Waals surface area contributed by atoms with Crippen LogP contribution < -0.4 is 20.8 Å². The minimum Gasteiger partial charge on any atom is -0.390 e. The molecule has 0 fully saturated rings. The Balaban J connectivity index is 2.32. The van der Waals surface area contributed by atoms with Crippen LogP contribution in [0.15, 0.2) is 39.5 Å². The highest BCUT2D eigenvalue weighted by Crippen LogP contribution is 2.27. The Morgan fingerprint density at radius 2 is 2.04 bits per heavy atom. The van der Waals surface area contributed by atoms with Crippen LogP contribution in [0.3, 0.4) is 0 Å². The van der Waals surface area contributed by atoms with Gasteiger partial charge in [0.15, 0.2) is 10.8 Å². The molecule has 2 atom stereocenters. The first-order valence-corrected chi connectivity index (χ1v) is 9.61. The van der Waals surface area contributed by atoms with Crippen molar-refractivity contribution in [3.8, 4) is 0 Å². The summed E-state index contributed by atoms with van der Waals surface area (Å²) in [5.41, 5.74) is 1.28. The monoisotopic (exact) mass is 421 g/mol. The van der Waals surface area contributed by atoms with Gasteiger partial charge in [-0.1, -0.05) is 30.3 Å². The van der Waals surface area contributed by atoms with Crippen molar-refractivity contribution in [1.29, 1.82) is 0 Å². The van der Waals surface area contributed by atoms with Gasteiger partial charge < -0.3 is 11.1 Å². The third-order valence-corrected chi connectivity index (χ3v) is 5.81. The van der Waals surface area contributed by atoms with Crippen LogP contribution in [0.25, 0.3) is 12.4 Å². The number of nitrogens with zero attached hydrogens (tertiary/aromatic N) is 1. The van der Waals surface area contributed by atoms with Crippen LogP contribution in [0.2, 0.25) is 5.02 Å². The molecule has 1 aromatic carbocycles. The third-order valence-electron chi connectivity index (χ3n) is 3.42. The standard InChI is InChI=1S/C16H15ClF3N3OS2/c1-9(11-3-5-12(6-4-11)26(24)16(18,19)20)23-15(22-8-21)14-10(2)25-7-13(14)17/h3-9,23H,2H2,1H3,(H2,21,22)/b15-14-. The second kappa shape index (κ2) is 8.24. The van der Waals surface area contributed by atoms with Gasteiger partial charge in [-0.3, -0.25) is 0 Å². The molecule has 0 saturated carbocycles. The topological polar surface area (TPSA) is 67.5 Å². The zero-order valence-electron chi connectivity index (χ0n) is 13.5. The number of alkyl halides is 3. The van der Waals surface area contributed by atoms with Crippen molar-refractivity contribution in [1.82, 2.24) is 5.32 Å². The van der Waals surface area contributed by atoms with E-state index in [0.29, 0.717) is 26.2 Å². The lowest BCUT2D eigenvalue weighted by Crippen LogP contribution is -2.29. The predicted octanol–water partition coefficient (Wildman–Crippen LogP) is 2.84. The van der Waals surface area contributed by atoms with Crippen molar-refractivity contribution >= 4 is 52.5 Å². The van der Waals surface area contributed by atoms with Gasteiger partial charge in [-0.2, -0.15) is 13.2 Å². The first-order chi connectivity index (χ1) is 12.1. The first kappa shape index (κ1) is 20.5. The van der Waals surface area contributed by atoms with Gasteiger partial charge in [0.2, 0.25) is 0 Å². The summed E-state index contributed by atoms with van der Waals surface area (Å²) in [6.07, 6.45) is 1.11. The third kappa shape index (κ3) is 4.66. The molecule has 0 aliphatic heterocycles. The molecule has 1 aromatic heterocycles. The van der Waals surface area contributed by atoms with Gasteiger partial charge in [-0.25, -0.2) is 9.20 Å². The summed E-state index contributed by atoms with van der Waals surface area (Å²) in [5, 5.41) is 5.92. The van der Waals surface area contributed by atoms with Crippen LogP contribution in [0, 0.1) is 0 Å². The van der Waals surface area contributed by atoms with Crippen LogP contribution in [-0.4, -0.2) is 16.1 Å². The van der Waals surface area contributed by atoms with Crippen LogP contribution in [-0.2, 0) is 10.8 Å². The molecule has 4 nitrogen and oxygen atoms in total. The van der Waals surface area contributed by atoms with Gasteiger partial charge in [0.1, 0.15) is 5.82 Å². The average Bonchev–Trinajstić information content (AvgIpc) is 2.91. The molecular weight excluding hydrogens is 407 g/mol. The molecular formula is C16H15ClF3N3OS2. The summed E-state index contributed by atoms with van der Waals surface area (Å²) < 4.78 is 49.6. The largest absolute Gasteiger partial charge is 0.475 e. The second-order valence-corrected chi connectivity index (χ2v) is 8.00. The predicted molar refractivity (Wildman–Crippen MR) is 101 cm³/mol. The fraction of sp³-hybridized carbons (Fsp3) is 0.188. The van der Waals surface area contributed by atoms with Crippen LogP contribution in [0.1, 0.15) is 18.5 Å². The van der Waals surface area contributed by atoms with E-state index < -0.39 is 16.3 Å². The average molecular weight is 422 g/mol. The molecule has 2 aromatic rings. The van der Waals surface area contributed by atoms with Crippen LogP contribution in [0.5, 0.6) is 0 Å². The maximum atomic E-state index is 12.5. The number of halogens is 4. The van der Waals surface area contributed by atoms with Crippen molar-refractivity contribution in [3.63, 3.8) is 0 Å². The summed E-state index contributed by atoms with van der Waals surface area (Å²) in [6.45, 7) is 5.69. The van der Waals surface area contributed by atoms with Crippen molar-refractivity contribution in [2.24, 2.45) is 10.7 Å². The van der Waals surface area contributed by atoms with Crippen LogP contribution >= 0.6 is 22.9 Å². The number of hydrogen-bond acceptors (Lipinski definition) is 4. The van der Waals surface area contributed by atoms with Crippen molar-refractivity contribution < 1.29 is 17.4 Å². The number of benzene rings is 1. The molecule has 0 amide bonds. The van der Waals surface area contributed by atoms with Crippen molar-refractivity contribution in [2.75, 3.05) is 0 Å². The van der Waals surface area contributed by atoms with Crippen molar-refractivity contribution in [3.05, 3.63) is 50.0 Å². The molecule has 2 rings (SSSR count). The molecule has 140 valence electrons. The Bertz CT molecular complexity index is 939. The summed E-state index contributed by atoms with van der Waals surface area (Å²) in [7, 11) is -3.06. The normalized spacial score (nSPS) is 15.7. The SMILES string of the molecule is C=c1scc(Cl)/c1=C(/N=CN)NC(C)c1ccc(S(=O)C(F)(F)F)cc1. The van der Waals surface area contributed by atoms with E-state index >= 15 is 0 Å². The maximum Gasteiger partial charge on any atom is 0.475 e. The highest BCUT2D eigenvalue weighted by atomic mass is 35.5. The molecule has 10 heteroatoms. The van der Waals surface area contributed by atoms with Gasteiger partial charge in [0.05, 0.1) is 16.6 Å². The quantitative estimate of drug-likeness (QED) is 0.576. The van der Waals surface area contributed by atoms with E-state index in [-0.39, 0.29) is 10.9 Å². The molecule has 0 radical (unpaired) electrons. The first-order valence-electron chi connectivity index (χ1n) is 7.20. The smallest absolute Gasteiger partial charge is 0.390 e. The van der Waals surface area contributed by atoms with Gasteiger partial charge in [0.25, 0.3) is 0 Å². The van der Waals surface area contributed by atoms with E-state index in [1.165, 1.54) is 35.6 Å². The van der Waals surface area contributed by atoms with Crippen LogP contribution in [0.4, 0.5) is 13.2 Å². The van der Waals surface area contributed by atoms with E-state index in [1.807, 2.05) is 0 Å². The van der Waals surface area contributed by atoms with Gasteiger partial charge in [-0.05, 0) is 24.6 Å². The second-order valence-electron chi connectivity index (χ2n) is 5.16. The maximum absolute atomic E-state index is 12.5. The molecule has 0 bridgehead atoms. The summed E-state index contributed by atoms with van der Waals surface area (Å²) >= 11 is 7.51. The number of thiophene rings is 1. The van der Waals surface area contributed by atoms with E-state index in [4.69, 9.17) is 17.3 Å². The fourth-order valence-corrected chi connectivity index (χ4v) is 3.90. The molecule has 0 aliphatic carbocycles. The number of nitrogens with two attached hydrogens (primary N) is 1. The van der Waals surface area contributed by atoms with Gasteiger partial charge in [0, 0.05) is 20.8 Å². The zero-order valence-corrected chi connectivity index (χ0v) is 15.9. The Labute approximate surface area is 159 Å². The lowest BCUT2D eigenvalue weighted by atomic mass is 10.1. The number of hydrogen-bond donors (Lipinski definition) is 2. The Morgan fingerprint density at radius 1 is 1.42 bits per heavy atom. The number of rotatable bonds is 5. The van der Waals surface area contributed by atoms with Crippen molar-refractivity contribution in [2.45, 2.75) is 23.4 Å². The molecule has 0 aliphatic rings. The van der Waals surface area contributed by atoms with Gasteiger partial charge in [-0.15, -0.1) is 11.3 Å². The zero-order chi connectivity index (χ0) is 19.5. The highest BCUT2D eigenvalue weighted by molar-refractivity contribution is 7.86. The minimum absolute atomic E-state index is 0.307. The summed E-state index contributed by atoms with van der Waals surface area (Å²) in [6, 6.07) is 5.00. The molecule has 0 saturated heterocycles. The Kier molecular flexibility index (Phi) is 6.48. The lowest BCUT2D eigenvalue weighted by molar-refractivity contribution is -0.0384. The molecule has 1 heterocycles. The molecule has 26 heavy (non-hydrogen) atoms. The molecule has 0 spiro atoms. The summed E-state index contributed by atoms with van der Waals surface area (Å²) in [5.74, 6) is 0.402. The number of nitrogens with one attached hydrogen (secondary N) is 1. The number of aliphatic imine (C=N–C) groups is 1. The van der Waals surface area contributed by atoms with E-state index in [2.05, 4.69) is 16.9 Å². The van der Waals surface area contributed by atoms with Gasteiger partial charge >= 0.3 is 5.51 Å². The highest BCUT2D eigenvalue weighted by Gasteiger charge is 2.37. The van der Waals surface area contributed by atoms with E-state index in [9.17, 15) is 17.4 Å².